The quantitative estimate of drug-likeness (QED) is 0.624. The molecule has 2 rings (SSSR count). The van der Waals surface area contributed by atoms with E-state index in [9.17, 15) is 4.79 Å². The van der Waals surface area contributed by atoms with Crippen molar-refractivity contribution in [2.75, 3.05) is 17.2 Å². The number of nitrogens with two attached hydrogens (primary N) is 3. The van der Waals surface area contributed by atoms with Crippen LogP contribution in [0.15, 0.2) is 36.4 Å². The highest BCUT2D eigenvalue weighted by atomic mass is 16.5. The van der Waals surface area contributed by atoms with Crippen LogP contribution in [0.1, 0.15) is 10.4 Å². The number of anilines is 3. The third-order valence-corrected chi connectivity index (χ3v) is 2.59. The van der Waals surface area contributed by atoms with Crippen molar-refractivity contribution in [2.24, 2.45) is 0 Å². The Kier molecular flexibility index (Phi) is 3.15. The highest BCUT2D eigenvalue weighted by Crippen LogP contribution is 2.34. The average Bonchev–Trinajstić information content (AvgIpc) is 2.37. The van der Waals surface area contributed by atoms with Crippen molar-refractivity contribution < 1.29 is 14.6 Å². The summed E-state index contributed by atoms with van der Waals surface area (Å²) in [6.07, 6.45) is 0. The van der Waals surface area contributed by atoms with Gasteiger partial charge in [-0.3, -0.25) is 0 Å². The molecule has 0 saturated carbocycles. The van der Waals surface area contributed by atoms with Gasteiger partial charge in [-0.05, 0) is 36.4 Å². The number of hydrogen-bond acceptors (Lipinski definition) is 5. The summed E-state index contributed by atoms with van der Waals surface area (Å²) in [5.74, 6) is -0.307. The Hall–Kier alpha value is -2.89. The van der Waals surface area contributed by atoms with Gasteiger partial charge in [-0.15, -0.1) is 0 Å². The molecule has 0 aliphatic rings. The van der Waals surface area contributed by atoms with E-state index in [0.29, 0.717) is 17.2 Å². The molecule has 0 radical (unpaired) electrons. The standard InChI is InChI=1S/C13H13N3O3/c14-7-1-3-8(4-2-7)19-10-6-5-9(13(17)18)11(15)12(10)16/h1-6H,14-16H2,(H,17,18). The monoisotopic (exact) mass is 259 g/mol. The normalized spacial score (nSPS) is 10.1. The van der Waals surface area contributed by atoms with Crippen LogP contribution in [0.25, 0.3) is 0 Å². The summed E-state index contributed by atoms with van der Waals surface area (Å²) in [4.78, 5) is 10.9. The maximum atomic E-state index is 10.9. The Morgan fingerprint density at radius 3 is 2.16 bits per heavy atom. The van der Waals surface area contributed by atoms with Crippen molar-refractivity contribution in [1.82, 2.24) is 0 Å². The van der Waals surface area contributed by atoms with E-state index in [1.165, 1.54) is 12.1 Å². The summed E-state index contributed by atoms with van der Waals surface area (Å²) in [5, 5.41) is 8.91. The lowest BCUT2D eigenvalue weighted by atomic mass is 10.1. The van der Waals surface area contributed by atoms with E-state index in [0.717, 1.165) is 0 Å². The molecular formula is C13H13N3O3. The maximum absolute atomic E-state index is 10.9. The van der Waals surface area contributed by atoms with Gasteiger partial charge in [0.25, 0.3) is 0 Å². The first-order valence-electron chi connectivity index (χ1n) is 5.43. The topological polar surface area (TPSA) is 125 Å². The molecule has 19 heavy (non-hydrogen) atoms. The molecule has 7 N–H and O–H groups in total. The first kappa shape index (κ1) is 12.6. The Labute approximate surface area is 109 Å². The van der Waals surface area contributed by atoms with Crippen LogP contribution < -0.4 is 21.9 Å². The molecule has 98 valence electrons. The molecule has 2 aromatic rings. The van der Waals surface area contributed by atoms with Gasteiger partial charge in [-0.1, -0.05) is 0 Å². The van der Waals surface area contributed by atoms with E-state index in [-0.39, 0.29) is 16.9 Å². The van der Waals surface area contributed by atoms with Gasteiger partial charge in [0.1, 0.15) is 5.75 Å². The number of rotatable bonds is 3. The molecule has 0 heterocycles. The zero-order valence-electron chi connectivity index (χ0n) is 9.96. The molecule has 0 fully saturated rings. The molecule has 0 saturated heterocycles. The van der Waals surface area contributed by atoms with Crippen LogP contribution in [0.4, 0.5) is 17.1 Å². The third-order valence-electron chi connectivity index (χ3n) is 2.59. The molecule has 0 spiro atoms. The molecule has 6 nitrogen and oxygen atoms in total. The van der Waals surface area contributed by atoms with Crippen LogP contribution in [-0.4, -0.2) is 11.1 Å². The lowest BCUT2D eigenvalue weighted by Gasteiger charge is -2.12. The lowest BCUT2D eigenvalue weighted by molar-refractivity contribution is 0.0698. The fraction of sp³-hybridized carbons (Fsp3) is 0. The first-order valence-corrected chi connectivity index (χ1v) is 5.43. The first-order chi connectivity index (χ1) is 8.99. The van der Waals surface area contributed by atoms with Crippen molar-refractivity contribution in [2.45, 2.75) is 0 Å². The summed E-state index contributed by atoms with van der Waals surface area (Å²) in [6.45, 7) is 0. The Balaban J connectivity index is 2.34. The molecule has 0 bridgehead atoms. The second kappa shape index (κ2) is 4.77. The van der Waals surface area contributed by atoms with Crippen molar-refractivity contribution >= 4 is 23.0 Å². The summed E-state index contributed by atoms with van der Waals surface area (Å²) < 4.78 is 5.53. The summed E-state index contributed by atoms with van der Waals surface area (Å²) in [6, 6.07) is 9.53. The van der Waals surface area contributed by atoms with E-state index >= 15 is 0 Å². The molecule has 0 aromatic heterocycles. The fourth-order valence-corrected chi connectivity index (χ4v) is 1.55. The van der Waals surface area contributed by atoms with Crippen LogP contribution in [0.2, 0.25) is 0 Å². The van der Waals surface area contributed by atoms with Crippen LogP contribution in [0.3, 0.4) is 0 Å². The van der Waals surface area contributed by atoms with Crippen LogP contribution >= 0.6 is 0 Å². The Morgan fingerprint density at radius 2 is 1.58 bits per heavy atom. The highest BCUT2D eigenvalue weighted by Gasteiger charge is 2.14. The van der Waals surface area contributed by atoms with Crippen LogP contribution in [0.5, 0.6) is 11.5 Å². The van der Waals surface area contributed by atoms with Gasteiger partial charge < -0.3 is 27.0 Å². The summed E-state index contributed by atoms with van der Waals surface area (Å²) in [5.41, 5.74) is 17.6. The van der Waals surface area contributed by atoms with Gasteiger partial charge in [0.05, 0.1) is 16.9 Å². The Bertz CT molecular complexity index is 624. The number of carboxylic acids is 1. The van der Waals surface area contributed by atoms with E-state index in [2.05, 4.69) is 0 Å². The van der Waals surface area contributed by atoms with Gasteiger partial charge in [0.2, 0.25) is 0 Å². The smallest absolute Gasteiger partial charge is 0.337 e. The lowest BCUT2D eigenvalue weighted by Crippen LogP contribution is -2.06. The minimum Gasteiger partial charge on any atom is -0.478 e. The average molecular weight is 259 g/mol. The summed E-state index contributed by atoms with van der Waals surface area (Å²) >= 11 is 0. The van der Waals surface area contributed by atoms with E-state index in [4.69, 9.17) is 27.0 Å². The number of ether oxygens (including phenoxy) is 1. The molecule has 0 unspecified atom stereocenters. The van der Waals surface area contributed by atoms with Crippen molar-refractivity contribution in [3.8, 4) is 11.5 Å². The van der Waals surface area contributed by atoms with E-state index in [1.807, 2.05) is 0 Å². The number of aromatic carboxylic acids is 1. The highest BCUT2D eigenvalue weighted by molar-refractivity contribution is 5.98. The number of benzene rings is 2. The predicted molar refractivity (Wildman–Crippen MR) is 73.2 cm³/mol. The second-order valence-corrected chi connectivity index (χ2v) is 3.91. The zero-order chi connectivity index (χ0) is 14.0. The van der Waals surface area contributed by atoms with Gasteiger partial charge in [-0.25, -0.2) is 4.79 Å². The largest absolute Gasteiger partial charge is 0.478 e. The van der Waals surface area contributed by atoms with Crippen molar-refractivity contribution in [3.63, 3.8) is 0 Å². The van der Waals surface area contributed by atoms with E-state index in [1.54, 1.807) is 24.3 Å². The van der Waals surface area contributed by atoms with Crippen molar-refractivity contribution in [1.29, 1.82) is 0 Å². The third kappa shape index (κ3) is 2.52. The SMILES string of the molecule is Nc1ccc(Oc2ccc(C(=O)O)c(N)c2N)cc1. The van der Waals surface area contributed by atoms with Crippen LogP contribution in [-0.2, 0) is 0 Å². The molecule has 6 heteroatoms. The zero-order valence-corrected chi connectivity index (χ0v) is 9.96. The minimum absolute atomic E-state index is 0.0135. The second-order valence-electron chi connectivity index (χ2n) is 3.91. The van der Waals surface area contributed by atoms with Gasteiger partial charge in [-0.2, -0.15) is 0 Å². The van der Waals surface area contributed by atoms with Gasteiger partial charge >= 0.3 is 5.97 Å². The Morgan fingerprint density at radius 1 is 0.947 bits per heavy atom. The summed E-state index contributed by atoms with van der Waals surface area (Å²) in [7, 11) is 0. The molecule has 0 atom stereocenters. The number of carboxylic acid groups (broad SMARTS) is 1. The fourth-order valence-electron chi connectivity index (χ4n) is 1.55. The van der Waals surface area contributed by atoms with Crippen LogP contribution in [0, 0.1) is 0 Å². The molecule has 0 amide bonds. The number of hydrogen-bond donors (Lipinski definition) is 4. The molecule has 0 aliphatic carbocycles. The van der Waals surface area contributed by atoms with E-state index < -0.39 is 5.97 Å². The minimum atomic E-state index is -1.14. The van der Waals surface area contributed by atoms with Crippen molar-refractivity contribution in [3.05, 3.63) is 42.0 Å². The molecular weight excluding hydrogens is 246 g/mol. The number of carbonyl (C=O) groups is 1. The van der Waals surface area contributed by atoms with Gasteiger partial charge in [0.15, 0.2) is 5.75 Å². The predicted octanol–water partition coefficient (Wildman–Crippen LogP) is 1.92. The molecule has 0 aliphatic heterocycles. The van der Waals surface area contributed by atoms with Gasteiger partial charge in [0, 0.05) is 5.69 Å². The number of nitrogen functional groups attached to an aromatic ring is 3. The maximum Gasteiger partial charge on any atom is 0.337 e. The molecule has 2 aromatic carbocycles.